The lowest BCUT2D eigenvalue weighted by Gasteiger charge is -2.24. The first kappa shape index (κ1) is 30.4. The number of aryl methyl sites for hydroxylation is 1. The molecule has 0 saturated carbocycles. The van der Waals surface area contributed by atoms with Crippen molar-refractivity contribution in [1.82, 2.24) is 14.1 Å². The molecule has 4 aromatic rings. The molecule has 3 N–H and O–H groups in total. The molecule has 222 valence electrons. The van der Waals surface area contributed by atoms with Crippen LogP contribution in [0.3, 0.4) is 0 Å². The number of phenolic OH excluding ortho intramolecular Hbond substituents is 1. The fourth-order valence-electron chi connectivity index (χ4n) is 4.81. The second-order valence-corrected chi connectivity index (χ2v) is 11.7. The molecule has 2 heterocycles. The van der Waals surface area contributed by atoms with Gasteiger partial charge in [-0.3, -0.25) is 4.79 Å². The van der Waals surface area contributed by atoms with Crippen LogP contribution in [-0.2, 0) is 18.5 Å². The Balaban J connectivity index is 1.74. The van der Waals surface area contributed by atoms with Crippen molar-refractivity contribution in [3.8, 4) is 22.6 Å². The molecule has 42 heavy (non-hydrogen) atoms. The van der Waals surface area contributed by atoms with E-state index in [-0.39, 0.29) is 28.5 Å². The van der Waals surface area contributed by atoms with Gasteiger partial charge < -0.3 is 29.6 Å². The summed E-state index contributed by atoms with van der Waals surface area (Å²) in [4.78, 5) is 31.5. The Morgan fingerprint density at radius 3 is 2.50 bits per heavy atom. The highest BCUT2D eigenvalue weighted by atomic mass is 16.5. The average Bonchev–Trinajstić information content (AvgIpc) is 3.42. The van der Waals surface area contributed by atoms with Crippen LogP contribution in [-0.4, -0.2) is 31.4 Å². The lowest BCUT2D eigenvalue weighted by Crippen LogP contribution is -2.29. The maximum atomic E-state index is 13.7. The molecule has 0 aliphatic rings. The van der Waals surface area contributed by atoms with Crippen molar-refractivity contribution in [2.24, 2.45) is 0 Å². The number of amides is 2. The van der Waals surface area contributed by atoms with Crippen molar-refractivity contribution < 1.29 is 14.6 Å². The molecule has 0 bridgehead atoms. The van der Waals surface area contributed by atoms with E-state index in [9.17, 15) is 14.7 Å². The van der Waals surface area contributed by atoms with Crippen molar-refractivity contribution in [1.29, 1.82) is 0 Å². The van der Waals surface area contributed by atoms with Gasteiger partial charge in [-0.15, -0.1) is 0 Å². The largest absolute Gasteiger partial charge is 0.508 e. The Hall–Kier alpha value is -4.53. The second kappa shape index (κ2) is 13.0. The first-order valence-corrected chi connectivity index (χ1v) is 14.4. The first-order chi connectivity index (χ1) is 20.0. The van der Waals surface area contributed by atoms with E-state index in [1.54, 1.807) is 35.4 Å². The molecule has 9 heteroatoms. The number of aromatic nitrogens is 3. The summed E-state index contributed by atoms with van der Waals surface area (Å²) in [5, 5.41) is 16.0. The highest BCUT2D eigenvalue weighted by Gasteiger charge is 2.22. The minimum absolute atomic E-state index is 0.0447. The van der Waals surface area contributed by atoms with Crippen LogP contribution < -0.4 is 20.9 Å². The van der Waals surface area contributed by atoms with Crippen LogP contribution in [0.5, 0.6) is 11.5 Å². The van der Waals surface area contributed by atoms with E-state index in [4.69, 9.17) is 4.74 Å². The van der Waals surface area contributed by atoms with Gasteiger partial charge in [-0.05, 0) is 61.1 Å². The molecule has 0 radical (unpaired) electrons. The van der Waals surface area contributed by atoms with E-state index in [0.717, 1.165) is 24.0 Å². The van der Waals surface area contributed by atoms with Crippen molar-refractivity contribution in [3.05, 3.63) is 88.9 Å². The summed E-state index contributed by atoms with van der Waals surface area (Å²) in [6, 6.07) is 12.1. The number of nitrogens with one attached hydrogen (secondary N) is 2. The van der Waals surface area contributed by atoms with Gasteiger partial charge in [0, 0.05) is 54.6 Å². The topological polar surface area (TPSA) is 110 Å². The molecule has 0 unspecified atom stereocenters. The van der Waals surface area contributed by atoms with Gasteiger partial charge in [-0.25, -0.2) is 9.78 Å². The number of carbonyl (C=O) groups excluding carboxylic acids is 1. The number of phenols is 1. The maximum Gasteiger partial charge on any atom is 0.323 e. The summed E-state index contributed by atoms with van der Waals surface area (Å²) >= 11 is 0. The first-order valence-electron chi connectivity index (χ1n) is 14.4. The minimum Gasteiger partial charge on any atom is -0.508 e. The third-order valence-corrected chi connectivity index (χ3v) is 6.84. The predicted octanol–water partition coefficient (Wildman–Crippen LogP) is 6.99. The molecule has 0 aliphatic carbocycles. The number of nitrogens with zero attached hydrogens (tertiary/aromatic N) is 3. The zero-order chi connectivity index (χ0) is 30.4. The number of benzene rings is 2. The van der Waals surface area contributed by atoms with Crippen LogP contribution in [0.4, 0.5) is 16.2 Å². The normalized spacial score (nSPS) is 11.5. The molecule has 0 saturated heterocycles. The standard InChI is InChI=1S/C33H41N5O4/c1-7-8-15-38-16-13-26(25-11-10-24(39)19-29(25)42-22(2)3)30(31(38)40)36-32(41)35-28-18-23(20-37-17-14-34-21-37)9-12-27(28)33(4,5)6/h9-14,16-19,21-22,39H,7-8,15,20H2,1-6H3,(H2,35,36,41). The number of aromatic hydroxyl groups is 1. The highest BCUT2D eigenvalue weighted by Crippen LogP contribution is 2.37. The number of carbonyl (C=O) groups is 1. The summed E-state index contributed by atoms with van der Waals surface area (Å²) in [6.45, 7) is 13.2. The predicted molar refractivity (Wildman–Crippen MR) is 168 cm³/mol. The quantitative estimate of drug-likeness (QED) is 0.190. The molecule has 2 aromatic heterocycles. The van der Waals surface area contributed by atoms with E-state index in [1.807, 2.05) is 42.8 Å². The SMILES string of the molecule is CCCCn1ccc(-c2ccc(O)cc2OC(C)C)c(NC(=O)Nc2cc(Cn3ccnc3)ccc2C(C)(C)C)c1=O. The number of anilines is 2. The molecule has 2 amide bonds. The molecular formula is C33H41N5O4. The Bertz CT molecular complexity index is 1580. The van der Waals surface area contributed by atoms with E-state index >= 15 is 0 Å². The Kier molecular flexibility index (Phi) is 9.40. The van der Waals surface area contributed by atoms with Crippen molar-refractivity contribution in [3.63, 3.8) is 0 Å². The van der Waals surface area contributed by atoms with Gasteiger partial charge in [0.25, 0.3) is 5.56 Å². The fraction of sp³-hybridized carbons (Fsp3) is 0.364. The third kappa shape index (κ3) is 7.40. The van der Waals surface area contributed by atoms with Crippen LogP contribution in [0.2, 0.25) is 0 Å². The number of unbranched alkanes of at least 4 members (excludes halogenated alkanes) is 1. The fourth-order valence-corrected chi connectivity index (χ4v) is 4.81. The number of hydrogen-bond donors (Lipinski definition) is 3. The number of hydrogen-bond acceptors (Lipinski definition) is 5. The summed E-state index contributed by atoms with van der Waals surface area (Å²) in [7, 11) is 0. The molecule has 0 aliphatic heterocycles. The summed E-state index contributed by atoms with van der Waals surface area (Å²) in [6.07, 6.45) is 8.68. The average molecular weight is 572 g/mol. The van der Waals surface area contributed by atoms with Crippen LogP contribution in [0.25, 0.3) is 11.1 Å². The van der Waals surface area contributed by atoms with Gasteiger partial charge >= 0.3 is 6.03 Å². The Morgan fingerprint density at radius 2 is 1.83 bits per heavy atom. The van der Waals surface area contributed by atoms with Crippen LogP contribution in [0, 0.1) is 0 Å². The Morgan fingerprint density at radius 1 is 1.05 bits per heavy atom. The van der Waals surface area contributed by atoms with Gasteiger partial charge in [0.1, 0.15) is 17.2 Å². The monoisotopic (exact) mass is 571 g/mol. The van der Waals surface area contributed by atoms with Gasteiger partial charge in [0.2, 0.25) is 0 Å². The number of rotatable bonds is 10. The molecule has 0 spiro atoms. The molecule has 0 fully saturated rings. The second-order valence-electron chi connectivity index (χ2n) is 11.7. The zero-order valence-corrected chi connectivity index (χ0v) is 25.3. The Labute approximate surface area is 247 Å². The lowest BCUT2D eigenvalue weighted by atomic mass is 9.85. The zero-order valence-electron chi connectivity index (χ0n) is 25.3. The van der Waals surface area contributed by atoms with Crippen molar-refractivity contribution in [2.45, 2.75) is 79.0 Å². The third-order valence-electron chi connectivity index (χ3n) is 6.84. The molecule has 9 nitrogen and oxygen atoms in total. The van der Waals surface area contributed by atoms with Crippen molar-refractivity contribution in [2.75, 3.05) is 10.6 Å². The number of ether oxygens (including phenoxy) is 1. The van der Waals surface area contributed by atoms with Gasteiger partial charge in [-0.2, -0.15) is 0 Å². The van der Waals surface area contributed by atoms with Gasteiger partial charge in [0.15, 0.2) is 0 Å². The van der Waals surface area contributed by atoms with Gasteiger partial charge in [-0.1, -0.05) is 46.2 Å². The van der Waals surface area contributed by atoms with E-state index in [0.29, 0.717) is 35.7 Å². The minimum atomic E-state index is -0.531. The number of urea groups is 1. The maximum absolute atomic E-state index is 13.7. The van der Waals surface area contributed by atoms with E-state index in [1.165, 1.54) is 12.1 Å². The van der Waals surface area contributed by atoms with Crippen molar-refractivity contribution >= 4 is 17.4 Å². The summed E-state index contributed by atoms with van der Waals surface area (Å²) < 4.78 is 9.54. The molecule has 4 rings (SSSR count). The number of imidazole rings is 1. The summed E-state index contributed by atoms with van der Waals surface area (Å²) in [5.74, 6) is 0.463. The van der Waals surface area contributed by atoms with Crippen LogP contribution in [0.1, 0.15) is 65.5 Å². The van der Waals surface area contributed by atoms with E-state index in [2.05, 4.69) is 43.3 Å². The van der Waals surface area contributed by atoms with Crippen LogP contribution in [0.15, 0.2) is 72.2 Å². The van der Waals surface area contributed by atoms with Crippen LogP contribution >= 0.6 is 0 Å². The number of pyridine rings is 1. The summed E-state index contributed by atoms with van der Waals surface area (Å²) in [5.41, 5.74) is 3.30. The highest BCUT2D eigenvalue weighted by molar-refractivity contribution is 6.03. The molecular weight excluding hydrogens is 530 g/mol. The van der Waals surface area contributed by atoms with Gasteiger partial charge in [0.05, 0.1) is 12.4 Å². The molecule has 0 atom stereocenters. The lowest BCUT2D eigenvalue weighted by molar-refractivity contribution is 0.242. The van der Waals surface area contributed by atoms with E-state index < -0.39 is 6.03 Å². The smallest absolute Gasteiger partial charge is 0.323 e. The molecule has 2 aromatic carbocycles.